The second-order valence-corrected chi connectivity index (χ2v) is 9.47. The van der Waals surface area contributed by atoms with Crippen molar-refractivity contribution < 1.29 is 26.4 Å². The average molecular weight is 470 g/mol. The van der Waals surface area contributed by atoms with Gasteiger partial charge in [-0.25, -0.2) is 13.4 Å². The zero-order chi connectivity index (χ0) is 22.6. The lowest BCUT2D eigenvalue weighted by molar-refractivity contribution is -0.138. The topological polar surface area (TPSA) is 94.4 Å². The molecule has 0 radical (unpaired) electrons. The van der Waals surface area contributed by atoms with Crippen molar-refractivity contribution in [3.8, 4) is 6.07 Å². The number of nitriles is 1. The fourth-order valence-corrected chi connectivity index (χ4v) is 5.27. The number of sulfonamides is 1. The van der Waals surface area contributed by atoms with Crippen LogP contribution in [0.25, 0.3) is 0 Å². The molecule has 31 heavy (non-hydrogen) atoms. The third kappa shape index (κ3) is 5.36. The molecule has 1 aromatic carbocycles. The van der Waals surface area contributed by atoms with Gasteiger partial charge in [-0.3, -0.25) is 4.79 Å². The number of hydrogen-bond acceptors (Lipinski definition) is 6. The smallest absolute Gasteiger partial charge is 0.339 e. The monoisotopic (exact) mass is 470 g/mol. The molecular formula is C19H17F3N4O3S2. The number of aromatic nitrogens is 1. The van der Waals surface area contributed by atoms with Crippen LogP contribution >= 0.6 is 11.8 Å². The number of alkyl halides is 3. The van der Waals surface area contributed by atoms with Gasteiger partial charge in [0.2, 0.25) is 15.9 Å². The van der Waals surface area contributed by atoms with Crippen molar-refractivity contribution in [2.24, 2.45) is 0 Å². The average Bonchev–Trinajstić information content (AvgIpc) is 2.77. The summed E-state index contributed by atoms with van der Waals surface area (Å²) in [6, 6.07) is 9.91. The van der Waals surface area contributed by atoms with Crippen LogP contribution in [0.2, 0.25) is 0 Å². The summed E-state index contributed by atoms with van der Waals surface area (Å²) in [5.74, 6) is -0.288. The zero-order valence-corrected chi connectivity index (χ0v) is 17.7. The fourth-order valence-electron chi connectivity index (χ4n) is 2.96. The van der Waals surface area contributed by atoms with Crippen LogP contribution in [0, 0.1) is 11.3 Å². The molecule has 0 aliphatic carbocycles. The molecule has 1 aromatic heterocycles. The van der Waals surface area contributed by atoms with E-state index in [4.69, 9.17) is 5.26 Å². The Balaban J connectivity index is 1.56. The Morgan fingerprint density at radius 2 is 1.81 bits per heavy atom. The van der Waals surface area contributed by atoms with Gasteiger partial charge in [-0.1, -0.05) is 23.9 Å². The van der Waals surface area contributed by atoms with Crippen LogP contribution in [-0.4, -0.2) is 60.4 Å². The zero-order valence-electron chi connectivity index (χ0n) is 16.0. The molecule has 7 nitrogen and oxygen atoms in total. The van der Waals surface area contributed by atoms with E-state index in [1.165, 1.54) is 27.4 Å². The first-order valence-corrected chi connectivity index (χ1v) is 11.5. The maximum Gasteiger partial charge on any atom is 0.417 e. The molecule has 0 unspecified atom stereocenters. The Bertz CT molecular complexity index is 1090. The van der Waals surface area contributed by atoms with E-state index in [9.17, 15) is 26.4 Å². The minimum atomic E-state index is -4.47. The van der Waals surface area contributed by atoms with Crippen LogP contribution < -0.4 is 0 Å². The van der Waals surface area contributed by atoms with Crippen molar-refractivity contribution in [1.29, 1.82) is 5.26 Å². The van der Waals surface area contributed by atoms with Crippen molar-refractivity contribution in [1.82, 2.24) is 14.2 Å². The lowest BCUT2D eigenvalue weighted by Crippen LogP contribution is -2.51. The van der Waals surface area contributed by atoms with Crippen LogP contribution in [-0.2, 0) is 21.0 Å². The highest BCUT2D eigenvalue weighted by molar-refractivity contribution is 7.99. The van der Waals surface area contributed by atoms with Gasteiger partial charge >= 0.3 is 6.18 Å². The number of hydrogen-bond donors (Lipinski definition) is 0. The summed E-state index contributed by atoms with van der Waals surface area (Å²) in [6.07, 6.45) is -3.75. The number of halogens is 3. The predicted molar refractivity (Wildman–Crippen MR) is 106 cm³/mol. The van der Waals surface area contributed by atoms with E-state index >= 15 is 0 Å². The molecule has 1 fully saturated rings. The van der Waals surface area contributed by atoms with Crippen LogP contribution in [0.1, 0.15) is 11.1 Å². The summed E-state index contributed by atoms with van der Waals surface area (Å²) in [6.45, 7) is 0.510. The van der Waals surface area contributed by atoms with Crippen LogP contribution in [0.15, 0.2) is 52.5 Å². The van der Waals surface area contributed by atoms with E-state index in [2.05, 4.69) is 4.98 Å². The highest BCUT2D eigenvalue weighted by atomic mass is 32.2. The summed E-state index contributed by atoms with van der Waals surface area (Å²) < 4.78 is 64.6. The van der Waals surface area contributed by atoms with Crippen molar-refractivity contribution in [3.05, 3.63) is 53.7 Å². The van der Waals surface area contributed by atoms with E-state index in [-0.39, 0.29) is 53.3 Å². The quantitative estimate of drug-likeness (QED) is 0.624. The molecule has 3 rings (SSSR count). The predicted octanol–water partition coefficient (Wildman–Crippen LogP) is 2.60. The van der Waals surface area contributed by atoms with Gasteiger partial charge in [0.25, 0.3) is 0 Å². The van der Waals surface area contributed by atoms with E-state index in [0.29, 0.717) is 0 Å². The Morgan fingerprint density at radius 1 is 1.13 bits per heavy atom. The lowest BCUT2D eigenvalue weighted by atomic mass is 10.2. The summed E-state index contributed by atoms with van der Waals surface area (Å²) in [7, 11) is -3.86. The molecule has 0 atom stereocenters. The molecular weight excluding hydrogens is 453 g/mol. The van der Waals surface area contributed by atoms with Gasteiger partial charge in [-0.05, 0) is 24.3 Å². The number of nitrogens with zero attached hydrogens (tertiary/aromatic N) is 4. The molecule has 0 spiro atoms. The molecule has 2 aromatic rings. The van der Waals surface area contributed by atoms with Crippen LogP contribution in [0.5, 0.6) is 0 Å². The van der Waals surface area contributed by atoms with Crippen molar-refractivity contribution in [2.45, 2.75) is 16.1 Å². The van der Waals surface area contributed by atoms with Gasteiger partial charge in [0.1, 0.15) is 6.07 Å². The molecule has 0 bridgehead atoms. The molecule has 2 heterocycles. The van der Waals surface area contributed by atoms with Gasteiger partial charge in [-0.2, -0.15) is 22.7 Å². The van der Waals surface area contributed by atoms with E-state index < -0.39 is 21.8 Å². The Morgan fingerprint density at radius 3 is 2.39 bits per heavy atom. The van der Waals surface area contributed by atoms with Gasteiger partial charge < -0.3 is 4.90 Å². The number of rotatable bonds is 5. The van der Waals surface area contributed by atoms with Crippen molar-refractivity contribution >= 4 is 27.7 Å². The fraction of sp³-hybridized carbons (Fsp3) is 0.316. The number of amides is 1. The molecule has 12 heteroatoms. The second-order valence-electron chi connectivity index (χ2n) is 6.56. The third-order valence-corrected chi connectivity index (χ3v) is 7.51. The number of carbonyl (C=O) groups is 1. The standard InChI is InChI=1S/C19H17F3N4O3S2/c20-19(21,22)15-5-6-17(24-12-15)30-13-18(27)25-7-9-26(10-8-25)31(28,29)16-4-2-1-3-14(16)11-23/h1-6,12H,7-10,13H2. The minimum absolute atomic E-state index is 0.0254. The van der Waals surface area contributed by atoms with Crippen LogP contribution in [0.3, 0.4) is 0 Å². The SMILES string of the molecule is N#Cc1ccccc1S(=O)(=O)N1CCN(C(=O)CSc2ccc(C(F)(F)F)cn2)CC1. The van der Waals surface area contributed by atoms with Gasteiger partial charge in [-0.15, -0.1) is 0 Å². The largest absolute Gasteiger partial charge is 0.417 e. The first-order chi connectivity index (χ1) is 14.6. The van der Waals surface area contributed by atoms with E-state index in [1.54, 1.807) is 12.1 Å². The Hall–Kier alpha value is -2.62. The summed E-state index contributed by atoms with van der Waals surface area (Å²) >= 11 is 1.01. The highest BCUT2D eigenvalue weighted by Crippen LogP contribution is 2.29. The van der Waals surface area contributed by atoms with E-state index in [0.717, 1.165) is 24.0 Å². The first-order valence-electron chi connectivity index (χ1n) is 9.06. The van der Waals surface area contributed by atoms with E-state index in [1.807, 2.05) is 6.07 Å². The summed E-state index contributed by atoms with van der Waals surface area (Å²) in [4.78, 5) is 17.6. The molecule has 1 saturated heterocycles. The van der Waals surface area contributed by atoms with Crippen molar-refractivity contribution in [2.75, 3.05) is 31.9 Å². The first kappa shape index (κ1) is 23.1. The maximum atomic E-state index is 12.8. The molecule has 1 aliphatic rings. The summed E-state index contributed by atoms with van der Waals surface area (Å²) in [5.41, 5.74) is -0.806. The lowest BCUT2D eigenvalue weighted by Gasteiger charge is -2.34. The number of pyridine rings is 1. The highest BCUT2D eigenvalue weighted by Gasteiger charge is 2.32. The number of carbonyl (C=O) groups excluding carboxylic acids is 1. The third-order valence-electron chi connectivity index (χ3n) is 4.62. The minimum Gasteiger partial charge on any atom is -0.339 e. The normalized spacial score (nSPS) is 15.5. The summed E-state index contributed by atoms with van der Waals surface area (Å²) in [5, 5.41) is 9.44. The van der Waals surface area contributed by atoms with Crippen LogP contribution in [0.4, 0.5) is 13.2 Å². The number of thioether (sulfide) groups is 1. The van der Waals surface area contributed by atoms with Gasteiger partial charge in [0.15, 0.2) is 0 Å². The van der Waals surface area contributed by atoms with Gasteiger partial charge in [0, 0.05) is 32.4 Å². The molecule has 0 saturated carbocycles. The van der Waals surface area contributed by atoms with Crippen molar-refractivity contribution in [3.63, 3.8) is 0 Å². The Kier molecular flexibility index (Phi) is 6.88. The second kappa shape index (κ2) is 9.25. The molecule has 1 amide bonds. The van der Waals surface area contributed by atoms with Gasteiger partial charge in [0.05, 0.1) is 26.8 Å². The molecule has 1 aliphatic heterocycles. The number of piperazine rings is 1. The number of benzene rings is 1. The maximum absolute atomic E-state index is 12.8. The molecule has 164 valence electrons. The Labute approximate surface area is 181 Å². The molecule has 0 N–H and O–H groups in total.